The normalized spacial score (nSPS) is 10.3. The van der Waals surface area contributed by atoms with Gasteiger partial charge in [0.25, 0.3) is 0 Å². The monoisotopic (exact) mass is 334 g/mol. The quantitative estimate of drug-likeness (QED) is 0.726. The topological polar surface area (TPSA) is 68.2 Å². The molecule has 6 heteroatoms. The Hall–Kier alpha value is -1.92. The fourth-order valence-corrected chi connectivity index (χ4v) is 2.19. The van der Waals surface area contributed by atoms with E-state index in [9.17, 15) is 4.79 Å². The molecule has 0 atom stereocenters. The molecule has 1 amide bonds. The molecular formula is C18H30N4O2. The van der Waals surface area contributed by atoms with Gasteiger partial charge in [-0.1, -0.05) is 20.3 Å². The molecule has 0 unspecified atom stereocenters. The van der Waals surface area contributed by atoms with Crippen molar-refractivity contribution in [3.63, 3.8) is 0 Å². The third kappa shape index (κ3) is 6.68. The van der Waals surface area contributed by atoms with Crippen molar-refractivity contribution in [2.75, 3.05) is 33.4 Å². The molecule has 0 aromatic carbocycles. The van der Waals surface area contributed by atoms with E-state index in [-0.39, 0.29) is 5.91 Å². The summed E-state index contributed by atoms with van der Waals surface area (Å²) < 4.78 is 7.30. The van der Waals surface area contributed by atoms with Crippen LogP contribution in [0.3, 0.4) is 0 Å². The Bertz CT molecular complexity index is 610. The van der Waals surface area contributed by atoms with Crippen LogP contribution in [0.1, 0.15) is 25.8 Å². The molecule has 134 valence electrons. The third-order valence-corrected chi connectivity index (χ3v) is 3.26. The summed E-state index contributed by atoms with van der Waals surface area (Å²) in [7, 11) is 1.88. The van der Waals surface area contributed by atoms with Crippen LogP contribution in [0, 0.1) is 6.92 Å². The van der Waals surface area contributed by atoms with Gasteiger partial charge < -0.3 is 19.9 Å². The zero-order valence-corrected chi connectivity index (χ0v) is 15.3. The van der Waals surface area contributed by atoms with E-state index in [2.05, 4.69) is 29.5 Å². The van der Waals surface area contributed by atoms with Crippen molar-refractivity contribution in [1.82, 2.24) is 20.2 Å². The lowest BCUT2D eigenvalue weighted by atomic mass is 10.2. The summed E-state index contributed by atoms with van der Waals surface area (Å²) >= 11 is 0. The lowest BCUT2D eigenvalue weighted by Gasteiger charge is -2.08. The van der Waals surface area contributed by atoms with E-state index >= 15 is 0 Å². The highest BCUT2D eigenvalue weighted by atomic mass is 16.5. The number of hydrogen-bond donors (Lipinski definition) is 2. The van der Waals surface area contributed by atoms with Crippen molar-refractivity contribution in [2.24, 2.45) is 0 Å². The Morgan fingerprint density at radius 3 is 2.71 bits per heavy atom. The predicted molar refractivity (Wildman–Crippen MR) is 98.2 cm³/mol. The molecule has 0 saturated carbocycles. The number of aryl methyl sites for hydroxylation is 1. The van der Waals surface area contributed by atoms with E-state index < -0.39 is 0 Å². The number of amides is 1. The highest BCUT2D eigenvalue weighted by Gasteiger charge is 2.08. The van der Waals surface area contributed by atoms with Gasteiger partial charge in [-0.15, -0.1) is 0 Å². The van der Waals surface area contributed by atoms with Crippen LogP contribution >= 0.6 is 0 Å². The molecule has 0 aliphatic heterocycles. The zero-order chi connectivity index (χ0) is 17.8. The van der Waals surface area contributed by atoms with E-state index in [1.165, 1.54) is 6.42 Å². The second kappa shape index (κ2) is 11.6. The number of carbonyl (C=O) groups is 1. The molecule has 0 spiro atoms. The number of likely N-dealkylation sites (N-methyl/N-ethyl adjacent to an activating group) is 1. The minimum absolute atomic E-state index is 0.0130. The van der Waals surface area contributed by atoms with Gasteiger partial charge in [0.2, 0.25) is 5.91 Å². The molecule has 2 rings (SSSR count). The number of carbonyl (C=O) groups excluding carboxylic acids is 1. The van der Waals surface area contributed by atoms with Gasteiger partial charge in [0.05, 0.1) is 18.7 Å². The average molecular weight is 334 g/mol. The second-order valence-electron chi connectivity index (χ2n) is 5.61. The van der Waals surface area contributed by atoms with E-state index in [4.69, 9.17) is 4.74 Å². The molecule has 0 bridgehead atoms. The first kappa shape index (κ1) is 20.1. The molecule has 0 saturated heterocycles. The molecule has 6 nitrogen and oxygen atoms in total. The number of fused-ring (bicyclic) bond motifs is 1. The molecule has 0 fully saturated rings. The highest BCUT2D eigenvalue weighted by molar-refractivity contribution is 5.85. The summed E-state index contributed by atoms with van der Waals surface area (Å²) in [5, 5.41) is 6.94. The number of nitrogens with zero attached hydrogens (tertiary/aromatic N) is 2. The first-order chi connectivity index (χ1) is 11.6. The Kier molecular flexibility index (Phi) is 9.72. The second-order valence-corrected chi connectivity index (χ2v) is 5.61. The first-order valence-corrected chi connectivity index (χ1v) is 8.52. The van der Waals surface area contributed by atoms with Crippen molar-refractivity contribution < 1.29 is 9.53 Å². The van der Waals surface area contributed by atoms with E-state index in [0.29, 0.717) is 26.3 Å². The predicted octanol–water partition coefficient (Wildman–Crippen LogP) is 2.11. The van der Waals surface area contributed by atoms with E-state index in [0.717, 1.165) is 23.0 Å². The van der Waals surface area contributed by atoms with Gasteiger partial charge in [-0.2, -0.15) is 0 Å². The maximum absolute atomic E-state index is 11.9. The molecule has 24 heavy (non-hydrogen) atoms. The molecule has 0 aliphatic carbocycles. The lowest BCUT2D eigenvalue weighted by molar-refractivity contribution is -0.121. The van der Waals surface area contributed by atoms with Crippen LogP contribution in [0.2, 0.25) is 0 Å². The number of aromatic nitrogens is 2. The van der Waals surface area contributed by atoms with Gasteiger partial charge in [0, 0.05) is 37.1 Å². The maximum Gasteiger partial charge on any atom is 0.240 e. The van der Waals surface area contributed by atoms with E-state index in [1.807, 2.05) is 37.0 Å². The van der Waals surface area contributed by atoms with Crippen molar-refractivity contribution in [2.45, 2.75) is 33.7 Å². The van der Waals surface area contributed by atoms with Crippen LogP contribution in [0.4, 0.5) is 0 Å². The molecular weight excluding hydrogens is 304 g/mol. The van der Waals surface area contributed by atoms with E-state index in [1.54, 1.807) is 6.20 Å². The molecule has 2 aromatic heterocycles. The highest BCUT2D eigenvalue weighted by Crippen LogP contribution is 2.18. The molecule has 0 radical (unpaired) electrons. The fourth-order valence-electron chi connectivity index (χ4n) is 2.19. The zero-order valence-electron chi connectivity index (χ0n) is 15.3. The maximum atomic E-state index is 11.9. The SMILES string of the molecule is CCC.CNCCOCCNC(=O)Cn1cc(C)c2cnccc21. The Balaban J connectivity index is 0.000000891. The van der Waals surface area contributed by atoms with Gasteiger partial charge in [0.15, 0.2) is 0 Å². The first-order valence-electron chi connectivity index (χ1n) is 8.52. The number of pyridine rings is 1. The van der Waals surface area contributed by atoms with Crippen molar-refractivity contribution >= 4 is 16.8 Å². The third-order valence-electron chi connectivity index (χ3n) is 3.26. The average Bonchev–Trinajstić information content (AvgIpc) is 2.88. The standard InChI is InChI=1S/C15H22N4O2.C3H8/c1-12-10-19(14-3-4-17-9-13(12)14)11-15(20)18-6-8-21-7-5-16-2;1-3-2/h3-4,9-10,16H,5-8,11H2,1-2H3,(H,18,20);3H2,1-2H3. The minimum atomic E-state index is -0.0130. The van der Waals surface area contributed by atoms with Gasteiger partial charge in [-0.25, -0.2) is 0 Å². The fraction of sp³-hybridized carbons (Fsp3) is 0.556. The Labute approximate surface area is 144 Å². The number of rotatable bonds is 8. The lowest BCUT2D eigenvalue weighted by Crippen LogP contribution is -2.30. The Morgan fingerprint density at radius 2 is 2.00 bits per heavy atom. The smallest absolute Gasteiger partial charge is 0.240 e. The number of nitrogens with one attached hydrogen (secondary N) is 2. The molecule has 0 aliphatic rings. The van der Waals surface area contributed by atoms with Crippen LogP contribution in [-0.2, 0) is 16.1 Å². The van der Waals surface area contributed by atoms with Gasteiger partial charge >= 0.3 is 0 Å². The minimum Gasteiger partial charge on any atom is -0.378 e. The summed E-state index contributed by atoms with van der Waals surface area (Å²) in [6, 6.07) is 1.93. The van der Waals surface area contributed by atoms with Crippen LogP contribution in [0.25, 0.3) is 10.9 Å². The van der Waals surface area contributed by atoms with Gasteiger partial charge in [-0.05, 0) is 25.6 Å². The van der Waals surface area contributed by atoms with Crippen LogP contribution < -0.4 is 10.6 Å². The van der Waals surface area contributed by atoms with Crippen LogP contribution in [-0.4, -0.2) is 48.8 Å². The Morgan fingerprint density at radius 1 is 1.29 bits per heavy atom. The van der Waals surface area contributed by atoms with Crippen LogP contribution in [0.5, 0.6) is 0 Å². The molecule has 2 heterocycles. The molecule has 2 N–H and O–H groups in total. The van der Waals surface area contributed by atoms with Gasteiger partial charge in [0.1, 0.15) is 6.54 Å². The summed E-state index contributed by atoms with van der Waals surface area (Å²) in [6.07, 6.45) is 6.80. The molecule has 2 aromatic rings. The largest absolute Gasteiger partial charge is 0.378 e. The van der Waals surface area contributed by atoms with Gasteiger partial charge in [-0.3, -0.25) is 9.78 Å². The van der Waals surface area contributed by atoms with Crippen molar-refractivity contribution in [3.05, 3.63) is 30.2 Å². The number of hydrogen-bond acceptors (Lipinski definition) is 4. The number of ether oxygens (including phenoxy) is 1. The summed E-state index contributed by atoms with van der Waals surface area (Å²) in [6.45, 7) is 9.11. The summed E-state index contributed by atoms with van der Waals surface area (Å²) in [4.78, 5) is 16.1. The van der Waals surface area contributed by atoms with Crippen LogP contribution in [0.15, 0.2) is 24.7 Å². The van der Waals surface area contributed by atoms with Crippen molar-refractivity contribution in [1.29, 1.82) is 0 Å². The van der Waals surface area contributed by atoms with Crippen molar-refractivity contribution in [3.8, 4) is 0 Å². The summed E-state index contributed by atoms with van der Waals surface area (Å²) in [5.41, 5.74) is 2.16. The summed E-state index contributed by atoms with van der Waals surface area (Å²) in [5.74, 6) is -0.0130.